The maximum absolute atomic E-state index is 5.67. The zero-order valence-corrected chi connectivity index (χ0v) is 8.31. The van der Waals surface area contributed by atoms with E-state index in [0.29, 0.717) is 12.2 Å². The van der Waals surface area contributed by atoms with Crippen molar-refractivity contribution in [3.63, 3.8) is 0 Å². The Balaban J connectivity index is 2.09. The third kappa shape index (κ3) is 0.999. The number of pyridine rings is 1. The Morgan fingerprint density at radius 2 is 2.27 bits per heavy atom. The van der Waals surface area contributed by atoms with Gasteiger partial charge >= 0.3 is 0 Å². The maximum Gasteiger partial charge on any atom is 0.112 e. The van der Waals surface area contributed by atoms with Crippen molar-refractivity contribution in [2.24, 2.45) is 0 Å². The minimum Gasteiger partial charge on any atom is -0.364 e. The quantitative estimate of drug-likeness (QED) is 0.606. The Hall–Kier alpha value is -1.41. The Kier molecular flexibility index (Phi) is 1.35. The van der Waals surface area contributed by atoms with Gasteiger partial charge in [0.05, 0.1) is 11.6 Å². The summed E-state index contributed by atoms with van der Waals surface area (Å²) in [7, 11) is 0. The number of aromatic nitrogens is 1. The highest BCUT2D eigenvalue weighted by Crippen LogP contribution is 2.48. The molecule has 0 saturated carbocycles. The normalized spacial score (nSPS) is 27.2. The number of epoxide rings is 1. The lowest BCUT2D eigenvalue weighted by Crippen LogP contribution is -2.05. The molecule has 1 fully saturated rings. The molecule has 74 valence electrons. The van der Waals surface area contributed by atoms with Crippen LogP contribution >= 0.6 is 0 Å². The number of benzene rings is 1. The van der Waals surface area contributed by atoms with Gasteiger partial charge in [0, 0.05) is 17.1 Å². The van der Waals surface area contributed by atoms with Gasteiger partial charge in [-0.3, -0.25) is 4.98 Å². The monoisotopic (exact) mass is 197 g/mol. The summed E-state index contributed by atoms with van der Waals surface area (Å²) >= 11 is 0. The first-order valence-corrected chi connectivity index (χ1v) is 5.45. The average molecular weight is 197 g/mol. The minimum atomic E-state index is 0.340. The molecular weight excluding hydrogens is 186 g/mol. The molecule has 2 nitrogen and oxygen atoms in total. The zero-order chi connectivity index (χ0) is 9.83. The number of fused-ring (bicyclic) bond motifs is 5. The molecule has 1 saturated heterocycles. The summed E-state index contributed by atoms with van der Waals surface area (Å²) in [5.74, 6) is 0. The molecule has 15 heavy (non-hydrogen) atoms. The Morgan fingerprint density at radius 1 is 1.27 bits per heavy atom. The Bertz CT molecular complexity index is 549. The van der Waals surface area contributed by atoms with Crippen LogP contribution in [0, 0.1) is 0 Å². The first-order valence-electron chi connectivity index (χ1n) is 5.45. The smallest absolute Gasteiger partial charge is 0.112 e. The van der Waals surface area contributed by atoms with E-state index in [0.717, 1.165) is 11.9 Å². The van der Waals surface area contributed by atoms with Gasteiger partial charge in [0.1, 0.15) is 6.10 Å². The van der Waals surface area contributed by atoms with Crippen molar-refractivity contribution >= 4 is 10.9 Å². The van der Waals surface area contributed by atoms with Crippen LogP contribution in [0.3, 0.4) is 0 Å². The minimum absolute atomic E-state index is 0.340. The summed E-state index contributed by atoms with van der Waals surface area (Å²) in [5.41, 5.74) is 3.92. The van der Waals surface area contributed by atoms with Crippen LogP contribution in [0.5, 0.6) is 0 Å². The van der Waals surface area contributed by atoms with Gasteiger partial charge in [0.2, 0.25) is 0 Å². The molecule has 0 unspecified atom stereocenters. The molecule has 1 aliphatic carbocycles. The van der Waals surface area contributed by atoms with E-state index in [1.165, 1.54) is 22.9 Å². The van der Waals surface area contributed by atoms with Crippen LogP contribution in [0.15, 0.2) is 30.5 Å². The van der Waals surface area contributed by atoms with Crippen LogP contribution in [-0.4, -0.2) is 11.1 Å². The Labute approximate surface area is 87.9 Å². The van der Waals surface area contributed by atoms with Crippen LogP contribution in [-0.2, 0) is 11.2 Å². The summed E-state index contributed by atoms with van der Waals surface area (Å²) < 4.78 is 5.67. The molecule has 2 aliphatic rings. The molecule has 0 N–H and O–H groups in total. The van der Waals surface area contributed by atoms with Gasteiger partial charge < -0.3 is 4.74 Å². The lowest BCUT2D eigenvalue weighted by atomic mass is 9.90. The highest BCUT2D eigenvalue weighted by Gasteiger charge is 2.45. The molecule has 1 aromatic carbocycles. The second kappa shape index (κ2) is 2.58. The summed E-state index contributed by atoms with van der Waals surface area (Å²) in [4.78, 5) is 4.49. The largest absolute Gasteiger partial charge is 0.364 e. The second-order valence-corrected chi connectivity index (χ2v) is 4.35. The van der Waals surface area contributed by atoms with Crippen LogP contribution in [0.4, 0.5) is 0 Å². The highest BCUT2D eigenvalue weighted by molar-refractivity contribution is 5.83. The average Bonchev–Trinajstić information content (AvgIpc) is 3.07. The number of nitrogens with zero attached hydrogens (tertiary/aromatic N) is 1. The van der Waals surface area contributed by atoms with Gasteiger partial charge in [-0.15, -0.1) is 0 Å². The van der Waals surface area contributed by atoms with E-state index in [4.69, 9.17) is 4.74 Å². The fourth-order valence-electron chi connectivity index (χ4n) is 2.66. The van der Waals surface area contributed by atoms with Crippen LogP contribution in [0.1, 0.15) is 23.7 Å². The van der Waals surface area contributed by atoms with E-state index in [9.17, 15) is 0 Å². The topological polar surface area (TPSA) is 25.4 Å². The molecule has 2 aromatic rings. The van der Waals surface area contributed by atoms with Crippen molar-refractivity contribution in [1.29, 1.82) is 0 Å². The van der Waals surface area contributed by atoms with Crippen LogP contribution < -0.4 is 0 Å². The molecule has 0 amide bonds. The van der Waals surface area contributed by atoms with Gasteiger partial charge in [-0.05, 0) is 24.5 Å². The predicted molar refractivity (Wildman–Crippen MR) is 57.7 cm³/mol. The van der Waals surface area contributed by atoms with Gasteiger partial charge in [-0.2, -0.15) is 0 Å². The molecule has 2 heteroatoms. The number of hydrogen-bond donors (Lipinski definition) is 0. The summed E-state index contributed by atoms with van der Waals surface area (Å²) in [6, 6.07) is 8.51. The number of ether oxygens (including phenoxy) is 1. The molecular formula is C13H11NO. The lowest BCUT2D eigenvalue weighted by Gasteiger charge is -2.13. The van der Waals surface area contributed by atoms with E-state index in [2.05, 4.69) is 23.2 Å². The molecule has 4 rings (SSSR count). The Morgan fingerprint density at radius 3 is 3.27 bits per heavy atom. The van der Waals surface area contributed by atoms with Gasteiger partial charge in [0.15, 0.2) is 0 Å². The fraction of sp³-hybridized carbons (Fsp3) is 0.308. The third-order valence-corrected chi connectivity index (χ3v) is 3.47. The summed E-state index contributed by atoms with van der Waals surface area (Å²) in [6.45, 7) is 0. The van der Waals surface area contributed by atoms with Gasteiger partial charge in [-0.25, -0.2) is 0 Å². The van der Waals surface area contributed by atoms with E-state index in [1.54, 1.807) is 0 Å². The molecule has 2 heterocycles. The van der Waals surface area contributed by atoms with E-state index in [1.807, 2.05) is 12.3 Å². The standard InChI is InChI=1S/C13H11NO/c1-2-9-4-3-8-5-6-10-13(15-10)11(8)12(9)14-7-1/h1-4,7,10,13H,5-6H2/t10-,13-/m1/s1. The number of rotatable bonds is 0. The second-order valence-electron chi connectivity index (χ2n) is 4.35. The van der Waals surface area contributed by atoms with Crippen molar-refractivity contribution in [3.8, 4) is 0 Å². The van der Waals surface area contributed by atoms with E-state index in [-0.39, 0.29) is 0 Å². The van der Waals surface area contributed by atoms with Crippen molar-refractivity contribution in [2.75, 3.05) is 0 Å². The predicted octanol–water partition coefficient (Wildman–Crippen LogP) is 2.62. The van der Waals surface area contributed by atoms with Gasteiger partial charge in [0.25, 0.3) is 0 Å². The highest BCUT2D eigenvalue weighted by atomic mass is 16.6. The summed E-state index contributed by atoms with van der Waals surface area (Å²) in [5, 5.41) is 1.23. The molecule has 1 aromatic heterocycles. The molecule has 0 bridgehead atoms. The van der Waals surface area contributed by atoms with Crippen LogP contribution in [0.2, 0.25) is 0 Å². The van der Waals surface area contributed by atoms with Crippen molar-refractivity contribution < 1.29 is 4.74 Å². The van der Waals surface area contributed by atoms with Crippen molar-refractivity contribution in [2.45, 2.75) is 25.0 Å². The third-order valence-electron chi connectivity index (χ3n) is 3.47. The number of aryl methyl sites for hydroxylation is 1. The lowest BCUT2D eigenvalue weighted by molar-refractivity contribution is 0.373. The van der Waals surface area contributed by atoms with E-state index < -0.39 is 0 Å². The molecule has 2 atom stereocenters. The van der Waals surface area contributed by atoms with Gasteiger partial charge in [-0.1, -0.05) is 18.2 Å². The fourth-order valence-corrected chi connectivity index (χ4v) is 2.66. The first kappa shape index (κ1) is 7.83. The zero-order valence-electron chi connectivity index (χ0n) is 8.31. The molecule has 0 spiro atoms. The SMILES string of the molecule is c1cnc2c3c(ccc2c1)CC[C@H]1O[C@@H]31. The maximum atomic E-state index is 5.67. The van der Waals surface area contributed by atoms with Crippen molar-refractivity contribution in [1.82, 2.24) is 4.98 Å². The van der Waals surface area contributed by atoms with Crippen molar-refractivity contribution in [3.05, 3.63) is 41.6 Å². The summed E-state index contributed by atoms with van der Waals surface area (Å²) in [6.07, 6.45) is 5.01. The van der Waals surface area contributed by atoms with E-state index >= 15 is 0 Å². The first-order chi connectivity index (χ1) is 7.43. The van der Waals surface area contributed by atoms with Crippen LogP contribution in [0.25, 0.3) is 10.9 Å². The number of hydrogen-bond acceptors (Lipinski definition) is 2. The molecule has 0 radical (unpaired) electrons. The molecule has 1 aliphatic heterocycles.